The molecule has 0 amide bonds. The van der Waals surface area contributed by atoms with Gasteiger partial charge in [-0.05, 0) is 23.8 Å². The first-order chi connectivity index (χ1) is 15.5. The maximum atomic E-state index is 13.1. The number of pyridine rings is 1. The number of halogens is 6. The average Bonchev–Trinajstić information content (AvgIpc) is 3.33. The number of hydrogen-bond donors (Lipinski definition) is 1. The number of rotatable bonds is 6. The van der Waals surface area contributed by atoms with Crippen molar-refractivity contribution < 1.29 is 35.3 Å². The second kappa shape index (κ2) is 8.78. The summed E-state index contributed by atoms with van der Waals surface area (Å²) in [5.41, 5.74) is -1.78. The van der Waals surface area contributed by atoms with Crippen molar-refractivity contribution in [2.45, 2.75) is 29.9 Å². The van der Waals surface area contributed by atoms with Crippen molar-refractivity contribution in [3.05, 3.63) is 69.7 Å². The standard InChI is InChI=1S/C20H13F6N3O2S2/c21-19(22,23)14-2-1-11(5-15(14)20(24,25)26)7-31-13-3-4-27-12(6-13)10-33(30)18-28-16-8-32-9-17(16)29-18/h1-6,8-9H,7,10H2,(H,28,29). The summed E-state index contributed by atoms with van der Waals surface area (Å²) in [6, 6.07) is 4.62. The number of imidazole rings is 1. The number of aromatic nitrogens is 3. The van der Waals surface area contributed by atoms with Gasteiger partial charge >= 0.3 is 12.4 Å². The molecular weight excluding hydrogens is 492 g/mol. The molecule has 13 heteroatoms. The van der Waals surface area contributed by atoms with E-state index in [4.69, 9.17) is 4.74 Å². The number of ether oxygens (including phenoxy) is 1. The van der Waals surface area contributed by atoms with Crippen molar-refractivity contribution in [2.24, 2.45) is 0 Å². The van der Waals surface area contributed by atoms with Crippen LogP contribution in [0.5, 0.6) is 5.75 Å². The molecule has 0 bridgehead atoms. The van der Waals surface area contributed by atoms with Gasteiger partial charge in [0.15, 0.2) is 5.16 Å². The summed E-state index contributed by atoms with van der Waals surface area (Å²) < 4.78 is 96.0. The summed E-state index contributed by atoms with van der Waals surface area (Å²) >= 11 is 1.45. The highest BCUT2D eigenvalue weighted by Crippen LogP contribution is 2.40. The van der Waals surface area contributed by atoms with Gasteiger partial charge in [-0.1, -0.05) is 6.07 Å². The second-order valence-electron chi connectivity index (χ2n) is 6.85. The molecule has 1 unspecified atom stereocenters. The molecule has 0 aliphatic heterocycles. The van der Waals surface area contributed by atoms with Crippen LogP contribution in [0.15, 0.2) is 52.4 Å². The van der Waals surface area contributed by atoms with E-state index < -0.39 is 40.9 Å². The van der Waals surface area contributed by atoms with Crippen LogP contribution in [0.2, 0.25) is 0 Å². The zero-order valence-corrected chi connectivity index (χ0v) is 18.0. The van der Waals surface area contributed by atoms with Crippen molar-refractivity contribution in [1.82, 2.24) is 15.0 Å². The van der Waals surface area contributed by atoms with E-state index in [1.807, 2.05) is 10.8 Å². The molecule has 0 radical (unpaired) electrons. The quantitative estimate of drug-likeness (QED) is 0.329. The van der Waals surface area contributed by atoms with E-state index in [-0.39, 0.29) is 22.2 Å². The van der Waals surface area contributed by atoms with Gasteiger partial charge in [0, 0.05) is 23.0 Å². The lowest BCUT2D eigenvalue weighted by molar-refractivity contribution is -0.162. The SMILES string of the molecule is O=S(Cc1cc(OCc2ccc(C(F)(F)F)c(C(F)(F)F)c2)ccn1)c1nc2cscc2[nH]1. The van der Waals surface area contributed by atoms with Gasteiger partial charge in [-0.3, -0.25) is 9.19 Å². The van der Waals surface area contributed by atoms with Crippen LogP contribution in [-0.4, -0.2) is 19.2 Å². The van der Waals surface area contributed by atoms with Crippen molar-refractivity contribution in [3.8, 4) is 5.75 Å². The molecule has 4 aromatic rings. The monoisotopic (exact) mass is 505 g/mol. The first-order valence-electron chi connectivity index (χ1n) is 9.16. The molecule has 0 aliphatic rings. The molecule has 0 fully saturated rings. The molecule has 0 saturated carbocycles. The molecule has 1 aromatic carbocycles. The van der Waals surface area contributed by atoms with Crippen LogP contribution in [0.4, 0.5) is 26.3 Å². The van der Waals surface area contributed by atoms with Crippen LogP contribution in [0, 0.1) is 0 Å². The summed E-state index contributed by atoms with van der Waals surface area (Å²) in [6.45, 7) is -0.401. The van der Waals surface area contributed by atoms with Crippen LogP contribution < -0.4 is 4.74 Å². The lowest BCUT2D eigenvalue weighted by Gasteiger charge is -2.17. The Morgan fingerprint density at radius 2 is 1.76 bits per heavy atom. The molecule has 5 nitrogen and oxygen atoms in total. The first-order valence-corrected chi connectivity index (χ1v) is 11.4. The normalized spacial score (nSPS) is 13.4. The molecule has 1 atom stereocenters. The van der Waals surface area contributed by atoms with Crippen molar-refractivity contribution >= 4 is 33.2 Å². The lowest BCUT2D eigenvalue weighted by atomic mass is 10.0. The smallest absolute Gasteiger partial charge is 0.417 e. The summed E-state index contributed by atoms with van der Waals surface area (Å²) in [6.07, 6.45) is -8.94. The number of alkyl halides is 6. The molecule has 3 heterocycles. The highest BCUT2D eigenvalue weighted by Gasteiger charge is 2.43. The summed E-state index contributed by atoms with van der Waals surface area (Å²) in [7, 11) is -1.53. The first kappa shape index (κ1) is 23.2. The molecule has 174 valence electrons. The van der Waals surface area contributed by atoms with Gasteiger partial charge in [-0.2, -0.15) is 26.3 Å². The number of H-pyrrole nitrogens is 1. The van der Waals surface area contributed by atoms with E-state index >= 15 is 0 Å². The molecule has 3 aromatic heterocycles. The Kier molecular flexibility index (Phi) is 6.18. The van der Waals surface area contributed by atoms with Gasteiger partial charge in [-0.15, -0.1) is 11.3 Å². The van der Waals surface area contributed by atoms with Gasteiger partial charge in [0.25, 0.3) is 0 Å². The van der Waals surface area contributed by atoms with Gasteiger partial charge in [-0.25, -0.2) is 4.98 Å². The average molecular weight is 505 g/mol. The van der Waals surface area contributed by atoms with Gasteiger partial charge in [0.2, 0.25) is 0 Å². The van der Waals surface area contributed by atoms with Gasteiger partial charge in [0.1, 0.15) is 17.9 Å². The van der Waals surface area contributed by atoms with E-state index in [2.05, 4.69) is 15.0 Å². The minimum absolute atomic E-state index is 0.00916. The Hall–Kier alpha value is -2.93. The van der Waals surface area contributed by atoms with Crippen LogP contribution >= 0.6 is 11.3 Å². The third kappa shape index (κ3) is 5.36. The number of thiophene rings is 1. The Balaban J connectivity index is 1.46. The van der Waals surface area contributed by atoms with Crippen LogP contribution in [0.3, 0.4) is 0 Å². The maximum absolute atomic E-state index is 13.1. The zero-order valence-electron chi connectivity index (χ0n) is 16.3. The molecule has 0 aliphatic carbocycles. The number of nitrogens with zero attached hydrogens (tertiary/aromatic N) is 2. The predicted molar refractivity (Wildman–Crippen MR) is 109 cm³/mol. The van der Waals surface area contributed by atoms with E-state index in [1.165, 1.54) is 29.7 Å². The van der Waals surface area contributed by atoms with E-state index in [0.29, 0.717) is 23.3 Å². The van der Waals surface area contributed by atoms with Crippen molar-refractivity contribution in [2.75, 3.05) is 0 Å². The minimum atomic E-state index is -5.17. The Morgan fingerprint density at radius 3 is 2.45 bits per heavy atom. The number of fused-ring (bicyclic) bond motifs is 1. The number of nitrogens with one attached hydrogen (secondary N) is 1. The van der Waals surface area contributed by atoms with Crippen LogP contribution in [0.25, 0.3) is 11.0 Å². The molecule has 33 heavy (non-hydrogen) atoms. The fourth-order valence-electron chi connectivity index (χ4n) is 2.99. The Bertz CT molecular complexity index is 1280. The fourth-order valence-corrected chi connectivity index (χ4v) is 4.67. The molecule has 0 saturated heterocycles. The van der Waals surface area contributed by atoms with E-state index in [0.717, 1.165) is 11.6 Å². The van der Waals surface area contributed by atoms with E-state index in [9.17, 15) is 30.6 Å². The fraction of sp³-hybridized carbons (Fsp3) is 0.200. The third-order valence-electron chi connectivity index (χ3n) is 4.49. The molecule has 0 spiro atoms. The Morgan fingerprint density at radius 1 is 1.00 bits per heavy atom. The zero-order chi connectivity index (χ0) is 23.8. The van der Waals surface area contributed by atoms with Crippen LogP contribution in [-0.2, 0) is 35.5 Å². The number of aromatic amines is 1. The third-order valence-corrected chi connectivity index (χ3v) is 6.40. The summed E-state index contributed by atoms with van der Waals surface area (Å²) in [5, 5.41) is 3.93. The van der Waals surface area contributed by atoms with E-state index in [1.54, 1.807) is 0 Å². The maximum Gasteiger partial charge on any atom is 0.417 e. The largest absolute Gasteiger partial charge is 0.489 e. The summed E-state index contributed by atoms with van der Waals surface area (Å²) in [4.78, 5) is 11.3. The van der Waals surface area contributed by atoms with Gasteiger partial charge in [0.05, 0.1) is 38.9 Å². The van der Waals surface area contributed by atoms with Crippen molar-refractivity contribution in [3.63, 3.8) is 0 Å². The number of benzene rings is 1. The summed E-state index contributed by atoms with van der Waals surface area (Å²) in [5.74, 6) is 0.223. The van der Waals surface area contributed by atoms with Gasteiger partial charge < -0.3 is 9.72 Å². The molecular formula is C20H13F6N3O2S2. The highest BCUT2D eigenvalue weighted by atomic mass is 32.2. The minimum Gasteiger partial charge on any atom is -0.489 e. The molecule has 4 rings (SSSR count). The number of hydrogen-bond acceptors (Lipinski definition) is 5. The topological polar surface area (TPSA) is 67.9 Å². The molecule has 1 N–H and O–H groups in total. The Labute approximate surface area is 188 Å². The van der Waals surface area contributed by atoms with Crippen molar-refractivity contribution in [1.29, 1.82) is 0 Å². The van der Waals surface area contributed by atoms with Crippen LogP contribution in [0.1, 0.15) is 22.4 Å². The lowest BCUT2D eigenvalue weighted by Crippen LogP contribution is -2.17. The second-order valence-corrected chi connectivity index (χ2v) is 8.96. The predicted octanol–water partition coefficient (Wildman–Crippen LogP) is 5.94. The highest BCUT2D eigenvalue weighted by molar-refractivity contribution is 7.84.